The number of hydrogen-bond donors (Lipinski definition) is 2. The normalized spacial score (nSPS) is 11.2. The maximum atomic E-state index is 13.0. The lowest BCUT2D eigenvalue weighted by atomic mass is 10.1. The summed E-state index contributed by atoms with van der Waals surface area (Å²) in [6.07, 6.45) is 0. The lowest BCUT2D eigenvalue weighted by Gasteiger charge is -2.14. The number of rotatable bonds is 5. The van der Waals surface area contributed by atoms with Crippen LogP contribution < -0.4 is 10.0 Å². The Balaban J connectivity index is 1.92. The van der Waals surface area contributed by atoms with Crippen LogP contribution in [0.25, 0.3) is 0 Å². The second-order valence-corrected chi connectivity index (χ2v) is 9.46. The van der Waals surface area contributed by atoms with E-state index in [1.807, 2.05) is 58.0 Å². The van der Waals surface area contributed by atoms with Crippen LogP contribution in [0.15, 0.2) is 59.5 Å². The first-order valence-electron chi connectivity index (χ1n) is 9.34. The molecule has 1 amide bonds. The van der Waals surface area contributed by atoms with E-state index in [0.29, 0.717) is 11.4 Å². The summed E-state index contributed by atoms with van der Waals surface area (Å²) in [5.74, 6) is -0.417. The fourth-order valence-corrected chi connectivity index (χ4v) is 4.79. The van der Waals surface area contributed by atoms with Crippen LogP contribution >= 0.6 is 11.6 Å². The maximum Gasteiger partial charge on any atom is 0.263 e. The van der Waals surface area contributed by atoms with E-state index in [-0.39, 0.29) is 15.5 Å². The molecule has 3 aromatic rings. The molecule has 0 aliphatic rings. The zero-order valence-corrected chi connectivity index (χ0v) is 18.8. The number of benzene rings is 3. The third kappa shape index (κ3) is 5.01. The maximum absolute atomic E-state index is 13.0. The molecule has 2 N–H and O–H groups in total. The summed E-state index contributed by atoms with van der Waals surface area (Å²) in [5, 5.41) is 2.84. The summed E-state index contributed by atoms with van der Waals surface area (Å²) in [6.45, 7) is 7.57. The molecule has 3 rings (SSSR count). The van der Waals surface area contributed by atoms with Gasteiger partial charge in [0.1, 0.15) is 4.90 Å². The topological polar surface area (TPSA) is 75.3 Å². The van der Waals surface area contributed by atoms with E-state index in [4.69, 9.17) is 11.6 Å². The number of carbonyl (C=O) groups is 1. The minimum atomic E-state index is -3.99. The van der Waals surface area contributed by atoms with Gasteiger partial charge in [-0.3, -0.25) is 9.52 Å². The highest BCUT2D eigenvalue weighted by atomic mass is 35.5. The summed E-state index contributed by atoms with van der Waals surface area (Å²) in [5.41, 5.74) is 5.04. The van der Waals surface area contributed by atoms with Gasteiger partial charge < -0.3 is 5.32 Å². The van der Waals surface area contributed by atoms with E-state index >= 15 is 0 Å². The lowest BCUT2D eigenvalue weighted by Crippen LogP contribution is -2.17. The van der Waals surface area contributed by atoms with Crippen LogP contribution in [-0.4, -0.2) is 14.3 Å². The molecule has 0 aromatic heterocycles. The van der Waals surface area contributed by atoms with Crippen molar-refractivity contribution in [3.05, 3.63) is 87.4 Å². The van der Waals surface area contributed by atoms with Crippen LogP contribution in [-0.2, 0) is 10.0 Å². The van der Waals surface area contributed by atoms with Crippen LogP contribution in [0.1, 0.15) is 32.6 Å². The molecule has 0 aliphatic heterocycles. The van der Waals surface area contributed by atoms with E-state index in [9.17, 15) is 13.2 Å². The van der Waals surface area contributed by atoms with Gasteiger partial charge in [-0.15, -0.1) is 0 Å². The van der Waals surface area contributed by atoms with Crippen molar-refractivity contribution < 1.29 is 13.2 Å². The van der Waals surface area contributed by atoms with Gasteiger partial charge in [0.05, 0.1) is 10.7 Å². The van der Waals surface area contributed by atoms with Crippen LogP contribution in [0.5, 0.6) is 0 Å². The minimum Gasteiger partial charge on any atom is -0.322 e. The molecule has 0 radical (unpaired) electrons. The Morgan fingerprint density at radius 1 is 0.833 bits per heavy atom. The minimum absolute atomic E-state index is 0.0377. The number of carbonyl (C=O) groups excluding carboxylic acids is 1. The Kier molecular flexibility index (Phi) is 6.19. The first kappa shape index (κ1) is 21.9. The fourth-order valence-electron chi connectivity index (χ4n) is 3.15. The summed E-state index contributed by atoms with van der Waals surface area (Å²) in [7, 11) is -3.99. The number of halogens is 1. The third-order valence-electron chi connectivity index (χ3n) is 4.60. The molecule has 7 heteroatoms. The van der Waals surface area contributed by atoms with Gasteiger partial charge >= 0.3 is 0 Å². The summed E-state index contributed by atoms with van der Waals surface area (Å²) < 4.78 is 28.5. The van der Waals surface area contributed by atoms with Crippen molar-refractivity contribution in [2.75, 3.05) is 10.0 Å². The zero-order valence-electron chi connectivity index (χ0n) is 17.2. The van der Waals surface area contributed by atoms with Crippen LogP contribution in [0, 0.1) is 27.7 Å². The molecule has 0 unspecified atom stereocenters. The summed E-state index contributed by atoms with van der Waals surface area (Å²) in [6, 6.07) is 15.4. The van der Waals surface area contributed by atoms with Crippen molar-refractivity contribution in [3.8, 4) is 0 Å². The molecule has 0 spiro atoms. The summed E-state index contributed by atoms with van der Waals surface area (Å²) >= 11 is 6.17. The van der Waals surface area contributed by atoms with Gasteiger partial charge in [0.2, 0.25) is 0 Å². The van der Waals surface area contributed by atoms with Gasteiger partial charge in [-0.05, 0) is 86.3 Å². The van der Waals surface area contributed by atoms with Crippen molar-refractivity contribution in [3.63, 3.8) is 0 Å². The number of nitrogens with one attached hydrogen (secondary N) is 2. The molecule has 0 bridgehead atoms. The van der Waals surface area contributed by atoms with Gasteiger partial charge in [0.15, 0.2) is 0 Å². The molecule has 0 heterocycles. The first-order valence-corrected chi connectivity index (χ1v) is 11.2. The Labute approximate surface area is 182 Å². The molecule has 0 saturated heterocycles. The molecule has 0 atom stereocenters. The number of aryl methyl sites for hydroxylation is 4. The molecule has 30 heavy (non-hydrogen) atoms. The second kappa shape index (κ2) is 8.50. The van der Waals surface area contributed by atoms with Gasteiger partial charge in [-0.25, -0.2) is 8.42 Å². The molecule has 156 valence electrons. The summed E-state index contributed by atoms with van der Waals surface area (Å²) in [4.78, 5) is 12.6. The van der Waals surface area contributed by atoms with E-state index in [2.05, 4.69) is 10.0 Å². The van der Waals surface area contributed by atoms with Crippen LogP contribution in [0.3, 0.4) is 0 Å². The SMILES string of the molecule is Cc1cc(C)cc(NC(=O)c2ccc(Cl)c(S(=O)(=O)Nc3cc(C)ccc3C)c2)c1. The quantitative estimate of drug-likeness (QED) is 0.537. The van der Waals surface area contributed by atoms with Gasteiger partial charge in [-0.1, -0.05) is 29.8 Å². The molecular formula is C23H23ClN2O3S. The Morgan fingerprint density at radius 2 is 1.50 bits per heavy atom. The largest absolute Gasteiger partial charge is 0.322 e. The average Bonchev–Trinajstić information content (AvgIpc) is 2.63. The third-order valence-corrected chi connectivity index (χ3v) is 6.45. The molecule has 0 aliphatic carbocycles. The Hall–Kier alpha value is -2.83. The zero-order chi connectivity index (χ0) is 22.1. The average molecular weight is 443 g/mol. The number of sulfonamides is 1. The Morgan fingerprint density at radius 3 is 2.17 bits per heavy atom. The Bertz CT molecular complexity index is 1220. The molecule has 0 saturated carbocycles. The highest BCUT2D eigenvalue weighted by molar-refractivity contribution is 7.92. The molecular weight excluding hydrogens is 420 g/mol. The van der Waals surface area contributed by atoms with E-state index in [1.165, 1.54) is 18.2 Å². The lowest BCUT2D eigenvalue weighted by molar-refractivity contribution is 0.102. The van der Waals surface area contributed by atoms with Gasteiger partial charge in [-0.2, -0.15) is 0 Å². The van der Waals surface area contributed by atoms with Gasteiger partial charge in [0.25, 0.3) is 15.9 Å². The smallest absolute Gasteiger partial charge is 0.263 e. The van der Waals surface area contributed by atoms with Crippen LogP contribution in [0.2, 0.25) is 5.02 Å². The molecule has 3 aromatic carbocycles. The first-order chi connectivity index (χ1) is 14.0. The highest BCUT2D eigenvalue weighted by Gasteiger charge is 2.21. The molecule has 5 nitrogen and oxygen atoms in total. The van der Waals surface area contributed by atoms with E-state index < -0.39 is 15.9 Å². The predicted octanol–water partition coefficient (Wildman–Crippen LogP) is 5.63. The van der Waals surface area contributed by atoms with Crippen molar-refractivity contribution in [1.29, 1.82) is 0 Å². The monoisotopic (exact) mass is 442 g/mol. The number of hydrogen-bond acceptors (Lipinski definition) is 3. The predicted molar refractivity (Wildman–Crippen MR) is 122 cm³/mol. The van der Waals surface area contributed by atoms with Crippen LogP contribution in [0.4, 0.5) is 11.4 Å². The standard InChI is InChI=1S/C23H23ClN2O3S/c1-14-5-6-17(4)21(12-14)26-30(28,29)22-13-18(7-8-20(22)24)23(27)25-19-10-15(2)9-16(3)11-19/h5-13,26H,1-4H3,(H,25,27). The van der Waals surface area contributed by atoms with Gasteiger partial charge in [0, 0.05) is 11.3 Å². The highest BCUT2D eigenvalue weighted by Crippen LogP contribution is 2.27. The van der Waals surface area contributed by atoms with Crippen molar-refractivity contribution in [2.45, 2.75) is 32.6 Å². The number of anilines is 2. The van der Waals surface area contributed by atoms with E-state index in [0.717, 1.165) is 22.3 Å². The molecule has 0 fully saturated rings. The number of amides is 1. The van der Waals surface area contributed by atoms with E-state index in [1.54, 1.807) is 6.07 Å². The van der Waals surface area contributed by atoms with Crippen molar-refractivity contribution >= 4 is 38.9 Å². The second-order valence-electron chi connectivity index (χ2n) is 7.40. The van der Waals surface area contributed by atoms with Crippen molar-refractivity contribution in [2.24, 2.45) is 0 Å². The fraction of sp³-hybridized carbons (Fsp3) is 0.174. The van der Waals surface area contributed by atoms with Crippen molar-refractivity contribution in [1.82, 2.24) is 0 Å².